The molecule has 1 unspecified atom stereocenters. The van der Waals surface area contributed by atoms with Crippen molar-refractivity contribution in [2.24, 2.45) is 5.92 Å². The lowest BCUT2D eigenvalue weighted by molar-refractivity contribution is -0.131. The molecule has 4 aromatic rings. The fraction of sp³-hybridized carbons (Fsp3) is 0.167. The Kier molecular flexibility index (Phi) is 6.73. The monoisotopic (exact) mass is 517 g/mol. The summed E-state index contributed by atoms with van der Waals surface area (Å²) in [6, 6.07) is 20.8. The van der Waals surface area contributed by atoms with Crippen LogP contribution in [0.1, 0.15) is 36.1 Å². The van der Waals surface area contributed by atoms with E-state index >= 15 is 0 Å². The van der Waals surface area contributed by atoms with Gasteiger partial charge in [-0.3, -0.25) is 4.79 Å². The van der Waals surface area contributed by atoms with Crippen LogP contribution >= 0.6 is 0 Å². The van der Waals surface area contributed by atoms with Gasteiger partial charge < -0.3 is 25.3 Å². The Balaban J connectivity index is 1.41. The predicted molar refractivity (Wildman–Crippen MR) is 138 cm³/mol. The molecular formula is C30H25F2NO5. The lowest BCUT2D eigenvalue weighted by Gasteiger charge is -2.48. The molecule has 6 nitrogen and oxygen atoms in total. The highest BCUT2D eigenvalue weighted by Crippen LogP contribution is 2.47. The van der Waals surface area contributed by atoms with Crippen LogP contribution in [-0.2, 0) is 4.79 Å². The van der Waals surface area contributed by atoms with Crippen molar-refractivity contribution in [2.75, 3.05) is 4.90 Å². The van der Waals surface area contributed by atoms with Crippen LogP contribution in [0.15, 0.2) is 84.9 Å². The topological polar surface area (TPSA) is 101 Å². The van der Waals surface area contributed by atoms with Crippen LogP contribution in [0.3, 0.4) is 0 Å². The highest BCUT2D eigenvalue weighted by Gasteiger charge is 2.48. The Labute approximate surface area is 217 Å². The fourth-order valence-corrected chi connectivity index (χ4v) is 4.93. The largest absolute Gasteiger partial charge is 0.504 e. The number of halogens is 2. The number of hydrogen-bond acceptors (Lipinski definition) is 5. The molecule has 1 aliphatic heterocycles. The van der Waals surface area contributed by atoms with Gasteiger partial charge in [-0.25, -0.2) is 8.78 Å². The smallest absolute Gasteiger partial charge is 0.233 e. The quantitative estimate of drug-likeness (QED) is 0.179. The van der Waals surface area contributed by atoms with Crippen molar-refractivity contribution in [1.29, 1.82) is 0 Å². The third kappa shape index (κ3) is 4.78. The molecule has 0 aromatic heterocycles. The molecule has 1 heterocycles. The molecule has 38 heavy (non-hydrogen) atoms. The van der Waals surface area contributed by atoms with E-state index in [2.05, 4.69) is 0 Å². The van der Waals surface area contributed by atoms with Gasteiger partial charge in [0.25, 0.3) is 0 Å². The maximum atomic E-state index is 13.5. The van der Waals surface area contributed by atoms with Crippen molar-refractivity contribution < 1.29 is 34.0 Å². The van der Waals surface area contributed by atoms with Gasteiger partial charge in [-0.15, -0.1) is 0 Å². The van der Waals surface area contributed by atoms with E-state index in [9.17, 15) is 34.0 Å². The number of nitrogens with zero attached hydrogens (tertiary/aromatic N) is 1. The van der Waals surface area contributed by atoms with Crippen molar-refractivity contribution in [1.82, 2.24) is 0 Å². The van der Waals surface area contributed by atoms with Crippen LogP contribution in [0.2, 0.25) is 0 Å². The Morgan fingerprint density at radius 3 is 1.89 bits per heavy atom. The van der Waals surface area contributed by atoms with Crippen molar-refractivity contribution in [3.63, 3.8) is 0 Å². The first-order valence-electron chi connectivity index (χ1n) is 12.1. The first-order chi connectivity index (χ1) is 18.2. The van der Waals surface area contributed by atoms with E-state index in [-0.39, 0.29) is 11.9 Å². The predicted octanol–water partition coefficient (Wildman–Crippen LogP) is 5.97. The Morgan fingerprint density at radius 1 is 0.763 bits per heavy atom. The zero-order valence-electron chi connectivity index (χ0n) is 20.1. The van der Waals surface area contributed by atoms with Crippen LogP contribution in [0.25, 0.3) is 11.1 Å². The molecule has 0 bridgehead atoms. The number of anilines is 1. The van der Waals surface area contributed by atoms with Gasteiger partial charge in [-0.1, -0.05) is 36.4 Å². The third-order valence-corrected chi connectivity index (χ3v) is 6.98. The average Bonchev–Trinajstić information content (AvgIpc) is 2.91. The second-order valence-corrected chi connectivity index (χ2v) is 9.37. The number of phenolic OH excluding ortho intramolecular Hbond substituents is 3. The van der Waals surface area contributed by atoms with Gasteiger partial charge in [0.05, 0.1) is 18.1 Å². The van der Waals surface area contributed by atoms with Gasteiger partial charge in [0.1, 0.15) is 11.6 Å². The molecule has 3 atom stereocenters. The zero-order chi connectivity index (χ0) is 27.0. The van der Waals surface area contributed by atoms with Crippen molar-refractivity contribution in [3.8, 4) is 28.4 Å². The molecule has 4 aromatic carbocycles. The Bertz CT molecular complexity index is 1430. The summed E-state index contributed by atoms with van der Waals surface area (Å²) in [4.78, 5) is 14.8. The lowest BCUT2D eigenvalue weighted by Crippen LogP contribution is -2.55. The molecular weight excluding hydrogens is 492 g/mol. The number of β-lactam (4-membered cyclic amide) rings is 1. The number of amides is 1. The summed E-state index contributed by atoms with van der Waals surface area (Å²) in [5.41, 5.74) is 3.08. The second-order valence-electron chi connectivity index (χ2n) is 9.37. The normalized spacial score (nSPS) is 17.8. The molecule has 0 spiro atoms. The minimum atomic E-state index is -0.860. The molecule has 5 rings (SSSR count). The van der Waals surface area contributed by atoms with Gasteiger partial charge in [0.2, 0.25) is 5.91 Å². The van der Waals surface area contributed by atoms with Crippen LogP contribution in [0.5, 0.6) is 17.2 Å². The molecule has 4 N–H and O–H groups in total. The number of phenols is 3. The summed E-state index contributed by atoms with van der Waals surface area (Å²) < 4.78 is 26.8. The number of rotatable bonds is 7. The molecule has 1 saturated heterocycles. The maximum Gasteiger partial charge on any atom is 0.233 e. The van der Waals surface area contributed by atoms with Gasteiger partial charge >= 0.3 is 0 Å². The number of benzene rings is 4. The molecule has 194 valence electrons. The van der Waals surface area contributed by atoms with Crippen molar-refractivity contribution >= 4 is 11.6 Å². The first kappa shape index (κ1) is 25.2. The summed E-state index contributed by atoms with van der Waals surface area (Å²) in [7, 11) is 0. The number of aliphatic hydroxyl groups excluding tert-OH is 1. The highest BCUT2D eigenvalue weighted by atomic mass is 19.1. The van der Waals surface area contributed by atoms with Gasteiger partial charge in [-0.2, -0.15) is 0 Å². The second kappa shape index (κ2) is 10.1. The number of carbonyl (C=O) groups is 1. The SMILES string of the molecule is O=C1C(CC[C@H](O)c2ccc(F)cc2)[C@@H](c2ccc(-c3cc(O)c(O)c(O)c3)cc2)N1c1ccc(F)cc1. The van der Waals surface area contributed by atoms with E-state index in [4.69, 9.17) is 0 Å². The number of aliphatic hydroxyl groups is 1. The molecule has 8 heteroatoms. The van der Waals surface area contributed by atoms with Crippen molar-refractivity contribution in [3.05, 3.63) is 108 Å². The fourth-order valence-electron chi connectivity index (χ4n) is 4.93. The standard InChI is InChI=1S/C30H25F2NO5/c31-21-7-5-18(6-8-21)25(34)14-13-24-28(33(30(24)38)23-11-9-22(32)10-12-23)19-3-1-17(2-4-19)20-15-26(35)29(37)27(36)16-20/h1-12,15-16,24-25,28,34-37H,13-14H2/t24?,25-,28+/m0/s1. The Morgan fingerprint density at radius 2 is 1.32 bits per heavy atom. The van der Waals surface area contributed by atoms with E-state index in [0.717, 1.165) is 5.56 Å². The molecule has 1 aliphatic rings. The van der Waals surface area contributed by atoms with E-state index in [0.29, 0.717) is 35.2 Å². The zero-order valence-corrected chi connectivity index (χ0v) is 20.1. The summed E-state index contributed by atoms with van der Waals surface area (Å²) in [5, 5.41) is 39.9. The summed E-state index contributed by atoms with van der Waals surface area (Å²) in [5.74, 6) is -2.90. The number of carbonyl (C=O) groups excluding carboxylic acids is 1. The molecule has 1 fully saturated rings. The minimum absolute atomic E-state index is 0.148. The first-order valence-corrected chi connectivity index (χ1v) is 12.1. The van der Waals surface area contributed by atoms with E-state index < -0.39 is 40.9 Å². The van der Waals surface area contributed by atoms with E-state index in [1.807, 2.05) is 12.1 Å². The summed E-state index contributed by atoms with van der Waals surface area (Å²) in [6.07, 6.45) is -0.192. The minimum Gasteiger partial charge on any atom is -0.504 e. The molecule has 0 saturated carbocycles. The maximum absolute atomic E-state index is 13.5. The van der Waals surface area contributed by atoms with E-state index in [1.54, 1.807) is 29.2 Å². The van der Waals surface area contributed by atoms with Crippen LogP contribution in [0, 0.1) is 17.6 Å². The van der Waals surface area contributed by atoms with Gasteiger partial charge in [-0.05, 0) is 83.6 Å². The average molecular weight is 518 g/mol. The van der Waals surface area contributed by atoms with Crippen LogP contribution < -0.4 is 4.90 Å². The lowest BCUT2D eigenvalue weighted by atomic mass is 9.78. The highest BCUT2D eigenvalue weighted by molar-refractivity contribution is 6.03. The molecule has 0 radical (unpaired) electrons. The van der Waals surface area contributed by atoms with Gasteiger partial charge in [0.15, 0.2) is 17.2 Å². The van der Waals surface area contributed by atoms with Crippen LogP contribution in [-0.4, -0.2) is 26.3 Å². The summed E-state index contributed by atoms with van der Waals surface area (Å²) in [6.45, 7) is 0. The Hall–Kier alpha value is -4.43. The molecule has 1 amide bonds. The summed E-state index contributed by atoms with van der Waals surface area (Å²) >= 11 is 0. The van der Waals surface area contributed by atoms with E-state index in [1.165, 1.54) is 48.5 Å². The van der Waals surface area contributed by atoms with Crippen LogP contribution in [0.4, 0.5) is 14.5 Å². The molecule has 0 aliphatic carbocycles. The van der Waals surface area contributed by atoms with Gasteiger partial charge in [0, 0.05) is 5.69 Å². The number of aromatic hydroxyl groups is 3. The number of hydrogen-bond donors (Lipinski definition) is 4. The third-order valence-electron chi connectivity index (χ3n) is 6.98. The van der Waals surface area contributed by atoms with Crippen molar-refractivity contribution in [2.45, 2.75) is 25.0 Å².